The van der Waals surface area contributed by atoms with Crippen LogP contribution in [0.3, 0.4) is 0 Å². The molecule has 4 nitrogen and oxygen atoms in total. The van der Waals surface area contributed by atoms with Crippen LogP contribution in [0.2, 0.25) is 5.02 Å². The van der Waals surface area contributed by atoms with E-state index in [-0.39, 0.29) is 39.9 Å². The molecule has 8 heteroatoms. The van der Waals surface area contributed by atoms with Crippen LogP contribution in [0, 0.1) is 11.8 Å². The number of hydrogen-bond donors (Lipinski definition) is 2. The minimum Gasteiger partial charge on any atom is -0.481 e. The van der Waals surface area contributed by atoms with Crippen LogP contribution in [0.25, 0.3) is 0 Å². The monoisotopic (exact) mass is 511 g/mol. The number of carbonyl (C=O) groups excluding carboxylic acids is 1. The first kappa shape index (κ1) is 28.7. The molecular weight excluding hydrogens is 479 g/mol. The summed E-state index contributed by atoms with van der Waals surface area (Å²) in [6.07, 6.45) is -4.72. The third-order valence-electron chi connectivity index (χ3n) is 6.31. The number of aliphatic carboxylic acids is 1. The maximum Gasteiger partial charge on any atom is 0.392 e. The van der Waals surface area contributed by atoms with Gasteiger partial charge in [-0.2, -0.15) is 13.2 Å². The summed E-state index contributed by atoms with van der Waals surface area (Å²) in [5.74, 6) is -5.62. The van der Waals surface area contributed by atoms with Crippen LogP contribution in [0.15, 0.2) is 42.5 Å². The van der Waals surface area contributed by atoms with E-state index in [2.05, 4.69) is 5.32 Å². The summed E-state index contributed by atoms with van der Waals surface area (Å²) in [6.45, 7) is 10.7. The molecular formula is C27H33ClF3NO3. The summed E-state index contributed by atoms with van der Waals surface area (Å²) in [6, 6.07) is 11.3. The molecule has 0 aromatic heterocycles. The molecule has 3 atom stereocenters. The van der Waals surface area contributed by atoms with Gasteiger partial charge in [0.1, 0.15) is 0 Å². The molecule has 35 heavy (non-hydrogen) atoms. The molecule has 2 rings (SSSR count). The number of carboxylic acids is 1. The molecule has 0 aliphatic rings. The van der Waals surface area contributed by atoms with E-state index >= 15 is 0 Å². The lowest BCUT2D eigenvalue weighted by Gasteiger charge is -2.27. The fraction of sp³-hybridized carbons (Fsp3) is 0.481. The zero-order chi connectivity index (χ0) is 26.7. The van der Waals surface area contributed by atoms with Crippen LogP contribution < -0.4 is 5.32 Å². The van der Waals surface area contributed by atoms with Gasteiger partial charge in [-0.1, -0.05) is 83.5 Å². The lowest BCUT2D eigenvalue weighted by molar-refractivity contribution is -0.178. The summed E-state index contributed by atoms with van der Waals surface area (Å²) in [7, 11) is 0. The number of halogens is 4. The number of anilines is 1. The molecule has 2 N–H and O–H groups in total. The van der Waals surface area contributed by atoms with Crippen molar-refractivity contribution in [2.24, 2.45) is 11.8 Å². The summed E-state index contributed by atoms with van der Waals surface area (Å²) in [5, 5.41) is 12.0. The van der Waals surface area contributed by atoms with E-state index in [0.717, 1.165) is 12.5 Å². The zero-order valence-electron chi connectivity index (χ0n) is 20.8. The maximum absolute atomic E-state index is 13.8. The fourth-order valence-corrected chi connectivity index (χ4v) is 4.22. The van der Waals surface area contributed by atoms with Gasteiger partial charge in [0, 0.05) is 0 Å². The van der Waals surface area contributed by atoms with Crippen LogP contribution in [0.5, 0.6) is 0 Å². The van der Waals surface area contributed by atoms with E-state index in [9.17, 15) is 27.9 Å². The van der Waals surface area contributed by atoms with Crippen molar-refractivity contribution in [1.82, 2.24) is 0 Å². The maximum atomic E-state index is 13.8. The molecule has 0 aliphatic heterocycles. The predicted octanol–water partition coefficient (Wildman–Crippen LogP) is 7.77. The topological polar surface area (TPSA) is 66.4 Å². The van der Waals surface area contributed by atoms with Gasteiger partial charge >= 0.3 is 12.1 Å². The molecule has 0 bridgehead atoms. The van der Waals surface area contributed by atoms with E-state index in [1.54, 1.807) is 36.4 Å². The number of hydrogen-bond acceptors (Lipinski definition) is 2. The van der Waals surface area contributed by atoms with E-state index in [4.69, 9.17) is 11.6 Å². The zero-order valence-corrected chi connectivity index (χ0v) is 21.6. The van der Waals surface area contributed by atoms with Crippen LogP contribution in [0.4, 0.5) is 18.9 Å². The fourth-order valence-electron chi connectivity index (χ4n) is 4.05. The number of rotatable bonds is 8. The van der Waals surface area contributed by atoms with Crippen molar-refractivity contribution in [3.05, 3.63) is 64.2 Å². The minimum absolute atomic E-state index is 0.0184. The van der Waals surface area contributed by atoms with Crippen molar-refractivity contribution in [2.75, 3.05) is 5.32 Å². The number of carboxylic acid groups (broad SMARTS) is 1. The second-order valence-corrected chi connectivity index (χ2v) is 10.8. The van der Waals surface area contributed by atoms with Crippen molar-refractivity contribution >= 4 is 29.2 Å². The van der Waals surface area contributed by atoms with Crippen LogP contribution in [-0.4, -0.2) is 23.2 Å². The molecule has 2 aromatic carbocycles. The highest BCUT2D eigenvalue weighted by Gasteiger charge is 2.45. The predicted molar refractivity (Wildman–Crippen MR) is 133 cm³/mol. The highest BCUT2D eigenvalue weighted by atomic mass is 35.5. The number of alkyl halides is 3. The number of nitrogens with one attached hydrogen (secondary N) is 1. The molecule has 1 amide bonds. The molecule has 2 aromatic rings. The van der Waals surface area contributed by atoms with Crippen molar-refractivity contribution in [1.29, 1.82) is 0 Å². The lowest BCUT2D eigenvalue weighted by atomic mass is 9.82. The van der Waals surface area contributed by atoms with Gasteiger partial charge in [0.05, 0.1) is 29.0 Å². The van der Waals surface area contributed by atoms with Crippen LogP contribution in [0.1, 0.15) is 76.5 Å². The van der Waals surface area contributed by atoms with Crippen molar-refractivity contribution in [3.63, 3.8) is 0 Å². The average molecular weight is 512 g/mol. The second kappa shape index (κ2) is 11.0. The Hall–Kier alpha value is -2.54. The Morgan fingerprint density at radius 2 is 1.51 bits per heavy atom. The van der Waals surface area contributed by atoms with Crippen molar-refractivity contribution in [3.8, 4) is 0 Å². The third-order valence-corrected chi connectivity index (χ3v) is 6.64. The Bertz CT molecular complexity index is 1040. The van der Waals surface area contributed by atoms with Gasteiger partial charge in [0.25, 0.3) is 0 Å². The summed E-state index contributed by atoms with van der Waals surface area (Å²) < 4.78 is 41.3. The first-order valence-corrected chi connectivity index (χ1v) is 11.9. The molecule has 0 saturated heterocycles. The number of benzene rings is 2. The van der Waals surface area contributed by atoms with Crippen LogP contribution >= 0.6 is 11.6 Å². The Kier molecular flexibility index (Phi) is 9.04. The highest BCUT2D eigenvalue weighted by molar-refractivity contribution is 6.33. The number of carbonyl (C=O) groups is 2. The molecule has 0 aliphatic carbocycles. The first-order chi connectivity index (χ1) is 16.0. The third kappa shape index (κ3) is 7.47. The van der Waals surface area contributed by atoms with E-state index in [0.29, 0.717) is 5.56 Å². The van der Waals surface area contributed by atoms with Gasteiger partial charge in [0.2, 0.25) is 5.91 Å². The number of amides is 1. The normalized spacial score (nSPS) is 14.9. The minimum atomic E-state index is -4.60. The Morgan fingerprint density at radius 3 is 1.97 bits per heavy atom. The van der Waals surface area contributed by atoms with Gasteiger partial charge in [-0.15, -0.1) is 0 Å². The van der Waals surface area contributed by atoms with Crippen molar-refractivity contribution < 1.29 is 27.9 Å². The summed E-state index contributed by atoms with van der Waals surface area (Å²) in [5.41, 5.74) is 1.78. The van der Waals surface area contributed by atoms with Gasteiger partial charge in [0.15, 0.2) is 0 Å². The highest BCUT2D eigenvalue weighted by Crippen LogP contribution is 2.40. The Labute approximate surface area is 209 Å². The molecule has 0 radical (unpaired) electrons. The van der Waals surface area contributed by atoms with Gasteiger partial charge in [-0.3, -0.25) is 9.59 Å². The van der Waals surface area contributed by atoms with E-state index in [1.165, 1.54) is 6.07 Å². The standard InChI is InChI=1S/C27H33ClF3NO3/c1-15(2)20(14-23(33)34)18-9-12-21(28)22(13-18)32-25(35)24(16(3)27(29,30)31)17-7-10-19(11-8-17)26(4,5)6/h7-13,15-16,20,24H,14H2,1-6H3,(H,32,35)(H,33,34). The Morgan fingerprint density at radius 1 is 0.971 bits per heavy atom. The summed E-state index contributed by atoms with van der Waals surface area (Å²) >= 11 is 6.27. The van der Waals surface area contributed by atoms with Gasteiger partial charge in [-0.05, 0) is 46.1 Å². The summed E-state index contributed by atoms with van der Waals surface area (Å²) in [4.78, 5) is 24.6. The largest absolute Gasteiger partial charge is 0.481 e. The molecule has 3 unspecified atom stereocenters. The molecule has 192 valence electrons. The second-order valence-electron chi connectivity index (χ2n) is 10.4. The van der Waals surface area contributed by atoms with Crippen LogP contribution in [-0.2, 0) is 15.0 Å². The molecule has 0 spiro atoms. The van der Waals surface area contributed by atoms with Crippen molar-refractivity contribution in [2.45, 2.75) is 71.4 Å². The quantitative estimate of drug-likeness (QED) is 0.380. The lowest BCUT2D eigenvalue weighted by Crippen LogP contribution is -2.34. The van der Waals surface area contributed by atoms with E-state index in [1.807, 2.05) is 34.6 Å². The van der Waals surface area contributed by atoms with Gasteiger partial charge in [-0.25, -0.2) is 0 Å². The molecule has 0 heterocycles. The Balaban J connectivity index is 2.46. The van der Waals surface area contributed by atoms with Gasteiger partial charge < -0.3 is 10.4 Å². The SMILES string of the molecule is CC(C)C(CC(=O)O)c1ccc(Cl)c(NC(=O)C(c2ccc(C(C)(C)C)cc2)C(C)C(F)(F)F)c1. The van der Waals surface area contributed by atoms with E-state index < -0.39 is 29.9 Å². The average Bonchev–Trinajstić information content (AvgIpc) is 2.72. The first-order valence-electron chi connectivity index (χ1n) is 11.5. The molecule has 0 fully saturated rings. The smallest absolute Gasteiger partial charge is 0.392 e. The molecule has 0 saturated carbocycles.